The van der Waals surface area contributed by atoms with Crippen LogP contribution in [-0.2, 0) is 6.42 Å². The van der Waals surface area contributed by atoms with Gasteiger partial charge in [-0.25, -0.2) is 0 Å². The SMILES string of the molecule is CC.CC.CC.CC.CC.Cc1ccc(Cc2cc(C)cc(C)c2C)cc1. The summed E-state index contributed by atoms with van der Waals surface area (Å²) in [4.78, 5) is 0. The molecule has 0 aliphatic heterocycles. The Morgan fingerprint density at radius 1 is 0.519 bits per heavy atom. The van der Waals surface area contributed by atoms with Crippen LogP contribution in [0.3, 0.4) is 0 Å². The van der Waals surface area contributed by atoms with Crippen LogP contribution < -0.4 is 0 Å². The lowest BCUT2D eigenvalue weighted by Gasteiger charge is -2.11. The molecular weight excluding hydrogens is 324 g/mol. The zero-order valence-electron chi connectivity index (χ0n) is 21.2. The summed E-state index contributed by atoms with van der Waals surface area (Å²) in [6, 6.07) is 13.4. The van der Waals surface area contributed by atoms with E-state index in [0.29, 0.717) is 0 Å². The number of hydrogen-bond acceptors (Lipinski definition) is 0. The topological polar surface area (TPSA) is 0 Å². The zero-order valence-corrected chi connectivity index (χ0v) is 21.2. The maximum atomic E-state index is 2.31. The average Bonchev–Trinajstić information content (AvgIpc) is 2.75. The third kappa shape index (κ3) is 15.2. The van der Waals surface area contributed by atoms with E-state index < -0.39 is 0 Å². The molecule has 158 valence electrons. The fraction of sp³-hybridized carbons (Fsp3) is 0.556. The first-order valence-electron chi connectivity index (χ1n) is 11.2. The second-order valence-corrected chi connectivity index (χ2v) is 5.03. The smallest absolute Gasteiger partial charge is 0.00229 e. The van der Waals surface area contributed by atoms with Crippen molar-refractivity contribution in [3.8, 4) is 0 Å². The molecule has 0 saturated heterocycles. The molecule has 0 heterocycles. The van der Waals surface area contributed by atoms with Crippen LogP contribution >= 0.6 is 0 Å². The van der Waals surface area contributed by atoms with E-state index in [2.05, 4.69) is 64.1 Å². The quantitative estimate of drug-likeness (QED) is 0.490. The number of aryl methyl sites for hydroxylation is 3. The van der Waals surface area contributed by atoms with Crippen molar-refractivity contribution in [3.63, 3.8) is 0 Å². The molecule has 27 heavy (non-hydrogen) atoms. The second-order valence-electron chi connectivity index (χ2n) is 5.03. The van der Waals surface area contributed by atoms with E-state index >= 15 is 0 Å². The molecule has 0 aliphatic rings. The molecule has 0 aliphatic carbocycles. The highest BCUT2D eigenvalue weighted by Gasteiger charge is 2.03. The van der Waals surface area contributed by atoms with Crippen molar-refractivity contribution in [1.82, 2.24) is 0 Å². The molecule has 0 amide bonds. The molecule has 0 aromatic heterocycles. The molecule has 2 rings (SSSR count). The van der Waals surface area contributed by atoms with Crippen molar-refractivity contribution in [1.29, 1.82) is 0 Å². The van der Waals surface area contributed by atoms with Gasteiger partial charge in [0.25, 0.3) is 0 Å². The van der Waals surface area contributed by atoms with Crippen LogP contribution in [0.2, 0.25) is 0 Å². The molecule has 2 aromatic rings. The first kappa shape index (κ1) is 33.1. The Kier molecular flexibility index (Phi) is 29.9. The minimum absolute atomic E-state index is 1.04. The van der Waals surface area contributed by atoms with Gasteiger partial charge in [-0.3, -0.25) is 0 Å². The van der Waals surface area contributed by atoms with Gasteiger partial charge in [0.2, 0.25) is 0 Å². The Hall–Kier alpha value is -1.56. The van der Waals surface area contributed by atoms with Gasteiger partial charge in [-0.15, -0.1) is 0 Å². The highest BCUT2D eigenvalue weighted by atomic mass is 14.1. The van der Waals surface area contributed by atoms with Gasteiger partial charge in [0.1, 0.15) is 0 Å². The number of rotatable bonds is 2. The van der Waals surface area contributed by atoms with Crippen LogP contribution in [-0.4, -0.2) is 0 Å². The Balaban J connectivity index is -0.000000230. The summed E-state index contributed by atoms with van der Waals surface area (Å²) in [6.45, 7) is 28.7. The van der Waals surface area contributed by atoms with Crippen molar-refractivity contribution in [2.45, 2.75) is 103 Å². The molecule has 0 atom stereocenters. The van der Waals surface area contributed by atoms with Crippen LogP contribution in [0.1, 0.15) is 103 Å². The second kappa shape index (κ2) is 24.4. The lowest BCUT2D eigenvalue weighted by atomic mass is 9.95. The van der Waals surface area contributed by atoms with Crippen LogP contribution in [0.5, 0.6) is 0 Å². The summed E-state index contributed by atoms with van der Waals surface area (Å²) in [5.41, 5.74) is 8.35. The van der Waals surface area contributed by atoms with Crippen molar-refractivity contribution >= 4 is 0 Å². The zero-order chi connectivity index (χ0) is 22.4. The Bertz CT molecular complexity index is 518. The van der Waals surface area contributed by atoms with Gasteiger partial charge in [0.05, 0.1) is 0 Å². The van der Waals surface area contributed by atoms with Gasteiger partial charge in [0, 0.05) is 0 Å². The standard InChI is InChI=1S/C17H20.5C2H6/c1-12-5-7-16(8-6-12)11-17-10-13(2)9-14(3)15(17)4;5*1-2/h5-10H,11H2,1-4H3;5*1-2H3. The van der Waals surface area contributed by atoms with E-state index in [4.69, 9.17) is 0 Å². The average molecular weight is 375 g/mol. The molecule has 0 N–H and O–H groups in total. The lowest BCUT2D eigenvalue weighted by Crippen LogP contribution is -1.95. The summed E-state index contributed by atoms with van der Waals surface area (Å²) in [6.07, 6.45) is 1.04. The van der Waals surface area contributed by atoms with Crippen LogP contribution in [0, 0.1) is 27.7 Å². The van der Waals surface area contributed by atoms with Crippen molar-refractivity contribution in [2.24, 2.45) is 0 Å². The number of hydrogen-bond donors (Lipinski definition) is 0. The van der Waals surface area contributed by atoms with Crippen molar-refractivity contribution in [2.75, 3.05) is 0 Å². The number of benzene rings is 2. The van der Waals surface area contributed by atoms with Gasteiger partial charge in [-0.1, -0.05) is 117 Å². The molecule has 0 radical (unpaired) electrons. The third-order valence-corrected chi connectivity index (χ3v) is 3.43. The van der Waals surface area contributed by atoms with E-state index in [1.807, 2.05) is 69.2 Å². The minimum atomic E-state index is 1.04. The predicted octanol–water partition coefficient (Wildman–Crippen LogP) is 9.64. The van der Waals surface area contributed by atoms with Crippen LogP contribution in [0.25, 0.3) is 0 Å². The van der Waals surface area contributed by atoms with Gasteiger partial charge in [-0.05, 0) is 56.4 Å². The highest BCUT2D eigenvalue weighted by Crippen LogP contribution is 2.19. The van der Waals surface area contributed by atoms with Gasteiger partial charge in [-0.2, -0.15) is 0 Å². The summed E-state index contributed by atoms with van der Waals surface area (Å²) < 4.78 is 0. The van der Waals surface area contributed by atoms with Crippen molar-refractivity contribution < 1.29 is 0 Å². The Morgan fingerprint density at radius 3 is 1.33 bits per heavy atom. The normalized spacial score (nSPS) is 7.78. The summed E-state index contributed by atoms with van der Waals surface area (Å²) in [5.74, 6) is 0. The molecule has 0 saturated carbocycles. The van der Waals surface area contributed by atoms with E-state index in [1.54, 1.807) is 0 Å². The van der Waals surface area contributed by atoms with E-state index in [9.17, 15) is 0 Å². The predicted molar refractivity (Wildman–Crippen MR) is 131 cm³/mol. The Labute approximate surface area is 173 Å². The van der Waals surface area contributed by atoms with E-state index in [1.165, 1.54) is 33.4 Å². The first-order chi connectivity index (χ1) is 13.1. The van der Waals surface area contributed by atoms with Gasteiger partial charge in [0.15, 0.2) is 0 Å². The molecule has 0 unspecified atom stereocenters. The molecule has 0 spiro atoms. The molecule has 2 aromatic carbocycles. The van der Waals surface area contributed by atoms with Crippen LogP contribution in [0.15, 0.2) is 36.4 Å². The molecule has 0 heteroatoms. The molecule has 0 bridgehead atoms. The fourth-order valence-electron chi connectivity index (χ4n) is 2.24. The largest absolute Gasteiger partial charge is 0.0683 e. The molecule has 0 nitrogen and oxygen atoms in total. The lowest BCUT2D eigenvalue weighted by molar-refractivity contribution is 1.12. The van der Waals surface area contributed by atoms with E-state index in [-0.39, 0.29) is 0 Å². The molecular formula is C27H50. The summed E-state index contributed by atoms with van der Waals surface area (Å²) in [7, 11) is 0. The van der Waals surface area contributed by atoms with Crippen molar-refractivity contribution in [3.05, 3.63) is 69.8 Å². The summed E-state index contributed by atoms with van der Waals surface area (Å²) in [5, 5.41) is 0. The van der Waals surface area contributed by atoms with E-state index in [0.717, 1.165) is 6.42 Å². The maximum Gasteiger partial charge on any atom is -0.00229 e. The monoisotopic (exact) mass is 374 g/mol. The van der Waals surface area contributed by atoms with Gasteiger partial charge < -0.3 is 0 Å². The van der Waals surface area contributed by atoms with Crippen LogP contribution in [0.4, 0.5) is 0 Å². The minimum Gasteiger partial charge on any atom is -0.0683 e. The maximum absolute atomic E-state index is 2.31. The van der Waals surface area contributed by atoms with Gasteiger partial charge >= 0.3 is 0 Å². The summed E-state index contributed by atoms with van der Waals surface area (Å²) >= 11 is 0. The first-order valence-corrected chi connectivity index (χ1v) is 11.2. The fourth-order valence-corrected chi connectivity index (χ4v) is 2.24. The Morgan fingerprint density at radius 2 is 0.926 bits per heavy atom. The highest BCUT2D eigenvalue weighted by molar-refractivity contribution is 5.40. The third-order valence-electron chi connectivity index (χ3n) is 3.43. The molecule has 0 fully saturated rings.